The number of carbonyl (C=O) groups is 2. The van der Waals surface area contributed by atoms with Crippen LogP contribution in [0.25, 0.3) is 0 Å². The molecule has 0 saturated heterocycles. The lowest BCUT2D eigenvalue weighted by Crippen LogP contribution is -2.36. The summed E-state index contributed by atoms with van der Waals surface area (Å²) in [5.41, 5.74) is 0.562. The minimum absolute atomic E-state index is 0.128. The molecule has 124 valence electrons. The van der Waals surface area contributed by atoms with E-state index in [0.29, 0.717) is 30.0 Å². The van der Waals surface area contributed by atoms with Gasteiger partial charge in [0.05, 0.1) is 11.9 Å². The first-order chi connectivity index (χ1) is 10.3. The van der Waals surface area contributed by atoms with Crippen molar-refractivity contribution in [2.24, 2.45) is 17.8 Å². The average Bonchev–Trinajstić information content (AvgIpc) is 2.84. The second kappa shape index (κ2) is 8.41. The summed E-state index contributed by atoms with van der Waals surface area (Å²) >= 11 is 0. The topological polar surface area (TPSA) is 88.0 Å². The number of hydrogen-bond acceptors (Lipinski definition) is 3. The summed E-state index contributed by atoms with van der Waals surface area (Å²) in [4.78, 5) is 23.2. The molecule has 1 aromatic rings. The van der Waals surface area contributed by atoms with Crippen LogP contribution in [0, 0.1) is 17.8 Å². The molecule has 7 nitrogen and oxygen atoms in total. The molecule has 0 spiro atoms. The average molecular weight is 309 g/mol. The Morgan fingerprint density at radius 1 is 1.23 bits per heavy atom. The first-order valence-electron chi connectivity index (χ1n) is 7.61. The highest BCUT2D eigenvalue weighted by molar-refractivity contribution is 5.88. The molecule has 0 aromatic carbocycles. The van der Waals surface area contributed by atoms with Crippen LogP contribution in [0.4, 0.5) is 10.5 Å². The molecular weight excluding hydrogens is 282 g/mol. The molecule has 0 unspecified atom stereocenters. The molecule has 1 heterocycles. The zero-order chi connectivity index (χ0) is 16.7. The van der Waals surface area contributed by atoms with Crippen LogP contribution in [0.3, 0.4) is 0 Å². The van der Waals surface area contributed by atoms with Gasteiger partial charge in [0.1, 0.15) is 6.54 Å². The lowest BCUT2D eigenvalue weighted by molar-refractivity contribution is -0.121. The summed E-state index contributed by atoms with van der Waals surface area (Å²) < 4.78 is 1.47. The molecule has 22 heavy (non-hydrogen) atoms. The zero-order valence-electron chi connectivity index (χ0n) is 14.0. The number of hydrogen-bond donors (Lipinski definition) is 3. The van der Waals surface area contributed by atoms with Crippen molar-refractivity contribution in [2.75, 3.05) is 18.9 Å². The summed E-state index contributed by atoms with van der Waals surface area (Å²) in [6, 6.07) is -0.259. The minimum Gasteiger partial charge on any atom is -0.358 e. The van der Waals surface area contributed by atoms with E-state index in [2.05, 4.69) is 48.7 Å². The van der Waals surface area contributed by atoms with Crippen molar-refractivity contribution in [1.82, 2.24) is 20.4 Å². The number of carbonyl (C=O) groups excluding carboxylic acids is 2. The quantitative estimate of drug-likeness (QED) is 0.716. The number of anilines is 1. The van der Waals surface area contributed by atoms with Crippen molar-refractivity contribution >= 4 is 17.6 Å². The number of aromatic nitrogens is 2. The van der Waals surface area contributed by atoms with Gasteiger partial charge >= 0.3 is 6.03 Å². The van der Waals surface area contributed by atoms with Crippen LogP contribution >= 0.6 is 0 Å². The lowest BCUT2D eigenvalue weighted by atomic mass is 9.85. The second-order valence-electron chi connectivity index (χ2n) is 6.09. The molecule has 0 aliphatic rings. The van der Waals surface area contributed by atoms with E-state index in [1.54, 1.807) is 13.2 Å². The third kappa shape index (κ3) is 5.75. The van der Waals surface area contributed by atoms with Gasteiger partial charge in [-0.3, -0.25) is 9.48 Å². The van der Waals surface area contributed by atoms with Gasteiger partial charge < -0.3 is 16.0 Å². The van der Waals surface area contributed by atoms with E-state index < -0.39 is 0 Å². The monoisotopic (exact) mass is 309 g/mol. The van der Waals surface area contributed by atoms with E-state index >= 15 is 0 Å². The highest BCUT2D eigenvalue weighted by Crippen LogP contribution is 2.19. The Labute approximate surface area is 131 Å². The predicted octanol–water partition coefficient (Wildman–Crippen LogP) is 1.68. The molecule has 3 N–H and O–H groups in total. The molecule has 3 amide bonds. The maximum atomic E-state index is 11.9. The van der Waals surface area contributed by atoms with Crippen LogP contribution in [0.2, 0.25) is 0 Å². The van der Waals surface area contributed by atoms with Crippen molar-refractivity contribution in [3.05, 3.63) is 12.4 Å². The van der Waals surface area contributed by atoms with Gasteiger partial charge in [0, 0.05) is 19.8 Å². The van der Waals surface area contributed by atoms with Crippen molar-refractivity contribution in [3.8, 4) is 0 Å². The third-order valence-electron chi connectivity index (χ3n) is 3.69. The number of nitrogens with zero attached hydrogens (tertiary/aromatic N) is 2. The lowest BCUT2D eigenvalue weighted by Gasteiger charge is -2.24. The van der Waals surface area contributed by atoms with Gasteiger partial charge in [0.15, 0.2) is 0 Å². The molecule has 0 bridgehead atoms. The van der Waals surface area contributed by atoms with E-state index in [1.165, 1.54) is 10.9 Å². The summed E-state index contributed by atoms with van der Waals surface area (Å²) in [7, 11) is 1.57. The fourth-order valence-corrected chi connectivity index (χ4v) is 2.37. The van der Waals surface area contributed by atoms with Crippen molar-refractivity contribution in [3.63, 3.8) is 0 Å². The smallest absolute Gasteiger partial charge is 0.319 e. The Bertz CT molecular complexity index is 488. The number of urea groups is 1. The van der Waals surface area contributed by atoms with Crippen LogP contribution in [0.15, 0.2) is 12.4 Å². The largest absolute Gasteiger partial charge is 0.358 e. The molecule has 0 saturated carbocycles. The van der Waals surface area contributed by atoms with Crippen LogP contribution in [0.1, 0.15) is 27.7 Å². The highest BCUT2D eigenvalue weighted by Gasteiger charge is 2.18. The second-order valence-corrected chi connectivity index (χ2v) is 6.09. The van der Waals surface area contributed by atoms with Gasteiger partial charge in [0.25, 0.3) is 0 Å². The first kappa shape index (κ1) is 18.0. The van der Waals surface area contributed by atoms with E-state index in [0.717, 1.165) is 0 Å². The standard InChI is InChI=1S/C15H27N5O2/c1-10(2)13(11(3)4)7-17-15(22)19-12-6-18-20(8-12)9-14(21)16-5/h6,8,10-11,13H,7,9H2,1-5H3,(H,16,21)(H2,17,19,22). The number of amides is 3. The summed E-state index contributed by atoms with van der Waals surface area (Å²) in [6.45, 7) is 9.40. The molecule has 7 heteroatoms. The van der Waals surface area contributed by atoms with E-state index in [1.807, 2.05) is 0 Å². The van der Waals surface area contributed by atoms with Gasteiger partial charge in [-0.05, 0) is 17.8 Å². The van der Waals surface area contributed by atoms with Gasteiger partial charge in [-0.15, -0.1) is 0 Å². The SMILES string of the molecule is CNC(=O)Cn1cc(NC(=O)NCC(C(C)C)C(C)C)cn1. The zero-order valence-corrected chi connectivity index (χ0v) is 14.0. The number of rotatable bonds is 7. The molecule has 1 rings (SSSR count). The van der Waals surface area contributed by atoms with Crippen LogP contribution < -0.4 is 16.0 Å². The van der Waals surface area contributed by atoms with Gasteiger partial charge in [0.2, 0.25) is 5.91 Å². The number of nitrogens with one attached hydrogen (secondary N) is 3. The van der Waals surface area contributed by atoms with Gasteiger partial charge in [-0.1, -0.05) is 27.7 Å². The Morgan fingerprint density at radius 3 is 2.41 bits per heavy atom. The molecule has 1 aromatic heterocycles. The maximum Gasteiger partial charge on any atom is 0.319 e. The van der Waals surface area contributed by atoms with E-state index in [4.69, 9.17) is 0 Å². The van der Waals surface area contributed by atoms with Crippen LogP contribution in [0.5, 0.6) is 0 Å². The summed E-state index contributed by atoms with van der Waals surface area (Å²) in [6.07, 6.45) is 3.14. The normalized spacial score (nSPS) is 11.1. The molecule has 0 fully saturated rings. The molecular formula is C15H27N5O2. The van der Waals surface area contributed by atoms with Crippen molar-refractivity contribution in [1.29, 1.82) is 0 Å². The Kier molecular flexibility index (Phi) is 6.88. The van der Waals surface area contributed by atoms with E-state index in [9.17, 15) is 9.59 Å². The fourth-order valence-electron chi connectivity index (χ4n) is 2.37. The Balaban J connectivity index is 2.46. The van der Waals surface area contributed by atoms with Gasteiger partial charge in [-0.2, -0.15) is 5.10 Å². The fraction of sp³-hybridized carbons (Fsp3) is 0.667. The Morgan fingerprint density at radius 2 is 1.86 bits per heavy atom. The minimum atomic E-state index is -0.259. The van der Waals surface area contributed by atoms with Gasteiger partial charge in [-0.25, -0.2) is 4.79 Å². The summed E-state index contributed by atoms with van der Waals surface area (Å²) in [5.74, 6) is 1.31. The Hall–Kier alpha value is -2.05. The predicted molar refractivity (Wildman–Crippen MR) is 86.5 cm³/mol. The molecule has 0 aliphatic heterocycles. The molecule has 0 atom stereocenters. The highest BCUT2D eigenvalue weighted by atomic mass is 16.2. The van der Waals surface area contributed by atoms with Crippen molar-refractivity contribution < 1.29 is 9.59 Å². The van der Waals surface area contributed by atoms with Crippen LogP contribution in [-0.4, -0.2) is 35.3 Å². The molecule has 0 aliphatic carbocycles. The number of likely N-dealkylation sites (N-methyl/N-ethyl adjacent to an activating group) is 1. The van der Waals surface area contributed by atoms with Crippen LogP contribution in [-0.2, 0) is 11.3 Å². The van der Waals surface area contributed by atoms with E-state index in [-0.39, 0.29) is 18.5 Å². The third-order valence-corrected chi connectivity index (χ3v) is 3.69. The molecule has 0 radical (unpaired) electrons. The summed E-state index contributed by atoms with van der Waals surface area (Å²) in [5, 5.41) is 12.2. The van der Waals surface area contributed by atoms with Crippen molar-refractivity contribution in [2.45, 2.75) is 34.2 Å². The maximum absolute atomic E-state index is 11.9. The first-order valence-corrected chi connectivity index (χ1v) is 7.61.